The van der Waals surface area contributed by atoms with Crippen molar-refractivity contribution in [2.24, 2.45) is 11.7 Å². The molecule has 0 aliphatic heterocycles. The van der Waals surface area contributed by atoms with Gasteiger partial charge in [-0.05, 0) is 49.1 Å². The number of pyridine rings is 1. The van der Waals surface area contributed by atoms with Crippen molar-refractivity contribution in [3.63, 3.8) is 0 Å². The summed E-state index contributed by atoms with van der Waals surface area (Å²) in [6, 6.07) is 12.9. The first-order chi connectivity index (χ1) is 11.2. The molecular weight excluding hydrogens is 361 g/mol. The lowest BCUT2D eigenvalue weighted by atomic mass is 10.00. The molecule has 2 aromatic rings. The molecule has 0 unspecified atom stereocenters. The second kappa shape index (κ2) is 10.2. The summed E-state index contributed by atoms with van der Waals surface area (Å²) >= 11 is 0. The van der Waals surface area contributed by atoms with Crippen molar-refractivity contribution < 1.29 is 9.53 Å². The van der Waals surface area contributed by atoms with Gasteiger partial charge in [-0.2, -0.15) is 0 Å². The number of nitrogens with one attached hydrogen (secondary N) is 1. The summed E-state index contributed by atoms with van der Waals surface area (Å²) in [5.74, 6) is 1.55. The van der Waals surface area contributed by atoms with Crippen molar-refractivity contribution in [2.75, 3.05) is 5.32 Å². The van der Waals surface area contributed by atoms with Crippen LogP contribution in [-0.2, 0) is 4.79 Å². The maximum Gasteiger partial charge on any atom is 0.224 e. The highest BCUT2D eigenvalue weighted by Crippen LogP contribution is 2.27. The Hall–Kier alpha value is -1.82. The minimum Gasteiger partial charge on any atom is -0.439 e. The predicted octanol–water partition coefficient (Wildman–Crippen LogP) is 4.17. The Morgan fingerprint density at radius 2 is 1.92 bits per heavy atom. The van der Waals surface area contributed by atoms with Crippen LogP contribution in [0.3, 0.4) is 0 Å². The lowest BCUT2D eigenvalue weighted by molar-refractivity contribution is -0.117. The first-order valence-corrected chi connectivity index (χ1v) is 7.95. The van der Waals surface area contributed by atoms with Crippen LogP contribution in [-0.4, -0.2) is 16.9 Å². The van der Waals surface area contributed by atoms with Crippen molar-refractivity contribution in [3.8, 4) is 11.6 Å². The number of halogens is 2. The number of ether oxygens (including phenoxy) is 1. The minimum atomic E-state index is 0. The second-order valence-electron chi connectivity index (χ2n) is 5.90. The monoisotopic (exact) mass is 383 g/mol. The molecule has 7 heteroatoms. The summed E-state index contributed by atoms with van der Waals surface area (Å²) in [5.41, 5.74) is 6.77. The van der Waals surface area contributed by atoms with Gasteiger partial charge in [0.1, 0.15) is 5.75 Å². The highest BCUT2D eigenvalue weighted by molar-refractivity contribution is 5.91. The molecule has 0 saturated heterocycles. The number of nitrogens with two attached hydrogens (primary N) is 1. The summed E-state index contributed by atoms with van der Waals surface area (Å²) in [5, 5.41) is 2.91. The largest absolute Gasteiger partial charge is 0.439 e. The van der Waals surface area contributed by atoms with Gasteiger partial charge in [-0.3, -0.25) is 4.79 Å². The Labute approximate surface area is 160 Å². The number of carbonyl (C=O) groups excluding carboxylic acids is 1. The number of hydrogen-bond donors (Lipinski definition) is 2. The number of amides is 1. The van der Waals surface area contributed by atoms with Crippen LogP contribution in [0.4, 0.5) is 5.69 Å². The normalized spacial score (nSPS) is 18.6. The number of carbonyl (C=O) groups is 1. The lowest BCUT2D eigenvalue weighted by Gasteiger charge is -2.14. The fraction of sp³-hybridized carbons (Fsp3) is 0.333. The van der Waals surface area contributed by atoms with E-state index in [1.165, 1.54) is 0 Å². The molecule has 136 valence electrons. The van der Waals surface area contributed by atoms with Gasteiger partial charge >= 0.3 is 0 Å². The topological polar surface area (TPSA) is 77.2 Å². The Balaban J connectivity index is 0.00000156. The van der Waals surface area contributed by atoms with Gasteiger partial charge in [0.15, 0.2) is 0 Å². The van der Waals surface area contributed by atoms with Gasteiger partial charge in [-0.1, -0.05) is 12.5 Å². The molecule has 3 N–H and O–H groups in total. The second-order valence-corrected chi connectivity index (χ2v) is 5.90. The first kappa shape index (κ1) is 21.2. The van der Waals surface area contributed by atoms with E-state index in [0.29, 0.717) is 24.0 Å². The summed E-state index contributed by atoms with van der Waals surface area (Å²) in [4.78, 5) is 16.2. The summed E-state index contributed by atoms with van der Waals surface area (Å²) in [6.45, 7) is 0. The third-order valence-electron chi connectivity index (χ3n) is 4.16. The fourth-order valence-corrected chi connectivity index (χ4v) is 2.90. The molecule has 1 fully saturated rings. The molecule has 0 radical (unpaired) electrons. The van der Waals surface area contributed by atoms with E-state index >= 15 is 0 Å². The highest BCUT2D eigenvalue weighted by atomic mass is 35.5. The third kappa shape index (κ3) is 6.20. The Bertz CT molecular complexity index is 653. The average Bonchev–Trinajstić information content (AvgIpc) is 2.95. The third-order valence-corrected chi connectivity index (χ3v) is 4.16. The summed E-state index contributed by atoms with van der Waals surface area (Å²) in [7, 11) is 0. The highest BCUT2D eigenvalue weighted by Gasteiger charge is 2.25. The van der Waals surface area contributed by atoms with Gasteiger partial charge in [0.2, 0.25) is 11.8 Å². The molecule has 1 aliphatic rings. The van der Waals surface area contributed by atoms with Crippen molar-refractivity contribution in [1.29, 1.82) is 0 Å². The van der Waals surface area contributed by atoms with Crippen molar-refractivity contribution in [2.45, 2.75) is 31.7 Å². The van der Waals surface area contributed by atoms with Crippen molar-refractivity contribution in [1.82, 2.24) is 4.98 Å². The van der Waals surface area contributed by atoms with Crippen LogP contribution >= 0.6 is 24.8 Å². The standard InChI is InChI=1S/C18H21N3O2.2ClH/c19-16-5-3-4-13(16)12-17(22)21-14-7-9-15(10-8-14)23-18-6-1-2-11-20-18;;/h1-2,6-11,13,16H,3-5,12,19H2,(H,21,22);2*1H/t13-,16+;;/m0../s1. The van der Waals surface area contributed by atoms with Gasteiger partial charge in [0, 0.05) is 30.4 Å². The predicted molar refractivity (Wildman–Crippen MR) is 104 cm³/mol. The number of benzene rings is 1. The smallest absolute Gasteiger partial charge is 0.224 e. The van der Waals surface area contributed by atoms with Gasteiger partial charge in [0.05, 0.1) is 0 Å². The van der Waals surface area contributed by atoms with E-state index in [4.69, 9.17) is 10.5 Å². The van der Waals surface area contributed by atoms with E-state index in [9.17, 15) is 4.79 Å². The van der Waals surface area contributed by atoms with E-state index in [-0.39, 0.29) is 36.8 Å². The molecule has 3 rings (SSSR count). The van der Waals surface area contributed by atoms with Crippen LogP contribution < -0.4 is 15.8 Å². The van der Waals surface area contributed by atoms with Crippen molar-refractivity contribution >= 4 is 36.4 Å². The minimum absolute atomic E-state index is 0. The molecule has 25 heavy (non-hydrogen) atoms. The van der Waals surface area contributed by atoms with Gasteiger partial charge in [-0.25, -0.2) is 4.98 Å². The Kier molecular flexibility index (Phi) is 8.69. The zero-order valence-electron chi connectivity index (χ0n) is 13.8. The Morgan fingerprint density at radius 3 is 2.52 bits per heavy atom. The van der Waals surface area contributed by atoms with Crippen LogP contribution in [0, 0.1) is 5.92 Å². The number of hydrogen-bond acceptors (Lipinski definition) is 4. The molecule has 1 aliphatic carbocycles. The molecule has 1 amide bonds. The molecular formula is C18H23Cl2N3O2. The fourth-order valence-electron chi connectivity index (χ4n) is 2.90. The first-order valence-electron chi connectivity index (χ1n) is 7.95. The number of rotatable bonds is 5. The molecule has 0 spiro atoms. The molecule has 5 nitrogen and oxygen atoms in total. The molecule has 0 bridgehead atoms. The van der Waals surface area contributed by atoms with E-state index in [1.54, 1.807) is 12.3 Å². The lowest BCUT2D eigenvalue weighted by Crippen LogP contribution is -2.28. The zero-order chi connectivity index (χ0) is 16.1. The van der Waals surface area contributed by atoms with Gasteiger partial charge < -0.3 is 15.8 Å². The van der Waals surface area contributed by atoms with Crippen LogP contribution in [0.15, 0.2) is 48.7 Å². The van der Waals surface area contributed by atoms with Gasteiger partial charge in [0.25, 0.3) is 0 Å². The van der Waals surface area contributed by atoms with E-state index in [1.807, 2.05) is 36.4 Å². The van der Waals surface area contributed by atoms with Gasteiger partial charge in [-0.15, -0.1) is 24.8 Å². The average molecular weight is 384 g/mol. The molecule has 2 atom stereocenters. The molecule has 1 heterocycles. The van der Waals surface area contributed by atoms with Crippen LogP contribution in [0.5, 0.6) is 11.6 Å². The van der Waals surface area contributed by atoms with E-state index in [2.05, 4.69) is 10.3 Å². The van der Waals surface area contributed by atoms with Crippen molar-refractivity contribution in [3.05, 3.63) is 48.7 Å². The molecule has 1 aromatic heterocycles. The van der Waals surface area contributed by atoms with E-state index < -0.39 is 0 Å². The van der Waals surface area contributed by atoms with Crippen LogP contribution in [0.1, 0.15) is 25.7 Å². The summed E-state index contributed by atoms with van der Waals surface area (Å²) in [6.07, 6.45) is 5.37. The molecule has 1 aromatic carbocycles. The van der Waals surface area contributed by atoms with Crippen LogP contribution in [0.2, 0.25) is 0 Å². The van der Waals surface area contributed by atoms with E-state index in [0.717, 1.165) is 24.9 Å². The number of aromatic nitrogens is 1. The summed E-state index contributed by atoms with van der Waals surface area (Å²) < 4.78 is 5.62. The number of anilines is 1. The quantitative estimate of drug-likeness (QED) is 0.811. The zero-order valence-corrected chi connectivity index (χ0v) is 15.4. The maximum absolute atomic E-state index is 12.1. The van der Waals surface area contributed by atoms with Crippen LogP contribution in [0.25, 0.3) is 0 Å². The number of nitrogens with zero attached hydrogens (tertiary/aromatic N) is 1. The molecule has 1 saturated carbocycles. The maximum atomic E-state index is 12.1. The SMILES string of the molecule is Cl.Cl.N[C@@H]1CCC[C@H]1CC(=O)Nc1ccc(Oc2ccccn2)cc1. The Morgan fingerprint density at radius 1 is 1.16 bits per heavy atom.